The monoisotopic (exact) mass is 565 g/mol. The average Bonchev–Trinajstić information content (AvgIpc) is 3.63. The van der Waals surface area contributed by atoms with Gasteiger partial charge in [0, 0.05) is 11.4 Å². The lowest BCUT2D eigenvalue weighted by molar-refractivity contribution is -0.137. The third kappa shape index (κ3) is 8.22. The van der Waals surface area contributed by atoms with E-state index in [0.29, 0.717) is 36.6 Å². The molecule has 0 fully saturated rings. The van der Waals surface area contributed by atoms with E-state index in [2.05, 4.69) is 17.6 Å². The molecule has 0 aliphatic carbocycles. The SMILES string of the molecule is CCCCC[C@H](NC(=O)N[C@@H](CC(=O)O)c1ccc2c(c1)OCO2)C(=O)N(Cc1ccccc1)Cc1cccs1. The van der Waals surface area contributed by atoms with Crippen LogP contribution in [0.1, 0.15) is 61.1 Å². The van der Waals surface area contributed by atoms with Crippen molar-refractivity contribution in [3.8, 4) is 11.5 Å². The third-order valence-corrected chi connectivity index (χ3v) is 7.50. The van der Waals surface area contributed by atoms with E-state index in [-0.39, 0.29) is 19.1 Å². The van der Waals surface area contributed by atoms with Crippen LogP contribution in [0.25, 0.3) is 0 Å². The number of nitrogens with one attached hydrogen (secondary N) is 2. The van der Waals surface area contributed by atoms with E-state index in [1.54, 1.807) is 34.4 Å². The highest BCUT2D eigenvalue weighted by Gasteiger charge is 2.28. The molecule has 10 heteroatoms. The first-order valence-corrected chi connectivity index (χ1v) is 14.3. The van der Waals surface area contributed by atoms with Crippen molar-refractivity contribution in [2.45, 2.75) is 64.2 Å². The standard InChI is InChI=1S/C30H35N3O6S/c1-2-3-5-12-24(29(36)33(19-23-11-8-15-40-23)18-21-9-6-4-7-10-21)31-30(37)32-25(17-28(34)35)22-13-14-26-27(16-22)39-20-38-26/h4,6-11,13-16,24-25H,2-3,5,12,17-20H2,1H3,(H,34,35)(H2,31,32,37)/t24-,25-/m0/s1. The predicted octanol–water partition coefficient (Wildman–Crippen LogP) is 5.47. The Morgan fingerprint density at radius 2 is 1.77 bits per heavy atom. The van der Waals surface area contributed by atoms with Crippen LogP contribution in [0.2, 0.25) is 0 Å². The summed E-state index contributed by atoms with van der Waals surface area (Å²) in [5.41, 5.74) is 1.56. The van der Waals surface area contributed by atoms with E-state index < -0.39 is 24.1 Å². The van der Waals surface area contributed by atoms with Gasteiger partial charge in [0.25, 0.3) is 0 Å². The number of unbranched alkanes of at least 4 members (excludes halogenated alkanes) is 2. The van der Waals surface area contributed by atoms with Gasteiger partial charge in [0.05, 0.1) is 19.0 Å². The van der Waals surface area contributed by atoms with Gasteiger partial charge < -0.3 is 30.1 Å². The Kier molecular flexibility index (Phi) is 10.4. The highest BCUT2D eigenvalue weighted by atomic mass is 32.1. The number of urea groups is 1. The summed E-state index contributed by atoms with van der Waals surface area (Å²) in [6.07, 6.45) is 2.81. The van der Waals surface area contributed by atoms with Gasteiger partial charge in [-0.15, -0.1) is 11.3 Å². The number of nitrogens with zero attached hydrogens (tertiary/aromatic N) is 1. The molecule has 0 saturated carbocycles. The lowest BCUT2D eigenvalue weighted by Crippen LogP contribution is -2.51. The molecule has 1 aromatic heterocycles. The summed E-state index contributed by atoms with van der Waals surface area (Å²) in [5.74, 6) is -0.189. The van der Waals surface area contributed by atoms with Crippen molar-refractivity contribution >= 4 is 29.2 Å². The maximum atomic E-state index is 13.9. The molecule has 1 aliphatic heterocycles. The summed E-state index contributed by atoms with van der Waals surface area (Å²) in [6.45, 7) is 3.00. The molecule has 4 rings (SSSR count). The zero-order chi connectivity index (χ0) is 28.3. The number of hydrogen-bond acceptors (Lipinski definition) is 6. The molecular formula is C30H35N3O6S. The Balaban J connectivity index is 1.51. The number of benzene rings is 2. The summed E-state index contributed by atoms with van der Waals surface area (Å²) in [4.78, 5) is 41.6. The van der Waals surface area contributed by atoms with E-state index >= 15 is 0 Å². The van der Waals surface area contributed by atoms with E-state index in [4.69, 9.17) is 9.47 Å². The second kappa shape index (κ2) is 14.4. The topological polar surface area (TPSA) is 117 Å². The lowest BCUT2D eigenvalue weighted by atomic mass is 10.0. The minimum Gasteiger partial charge on any atom is -0.481 e. The first-order chi connectivity index (χ1) is 19.4. The zero-order valence-electron chi connectivity index (χ0n) is 22.5. The number of amides is 3. The van der Waals surface area contributed by atoms with Crippen molar-refractivity contribution in [1.29, 1.82) is 0 Å². The Bertz CT molecular complexity index is 1270. The quantitative estimate of drug-likeness (QED) is 0.223. The maximum absolute atomic E-state index is 13.9. The first kappa shape index (κ1) is 28.9. The van der Waals surface area contributed by atoms with Crippen molar-refractivity contribution in [3.05, 3.63) is 82.0 Å². The Morgan fingerprint density at radius 1 is 0.975 bits per heavy atom. The molecular weight excluding hydrogens is 530 g/mol. The number of carbonyl (C=O) groups is 3. The molecule has 3 aromatic rings. The molecule has 9 nitrogen and oxygen atoms in total. The molecule has 3 N–H and O–H groups in total. The van der Waals surface area contributed by atoms with Gasteiger partial charge in [-0.1, -0.05) is 68.7 Å². The van der Waals surface area contributed by atoms with Crippen LogP contribution in [-0.2, 0) is 22.7 Å². The fourth-order valence-electron chi connectivity index (χ4n) is 4.60. The summed E-state index contributed by atoms with van der Waals surface area (Å²) in [5, 5.41) is 17.1. The van der Waals surface area contributed by atoms with Crippen molar-refractivity contribution in [2.75, 3.05) is 6.79 Å². The minimum absolute atomic E-state index is 0.0861. The number of carboxylic acids is 1. The van der Waals surface area contributed by atoms with Crippen LogP contribution in [0.15, 0.2) is 66.0 Å². The number of rotatable bonds is 14. The highest BCUT2D eigenvalue weighted by molar-refractivity contribution is 7.09. The summed E-state index contributed by atoms with van der Waals surface area (Å²) >= 11 is 1.58. The summed E-state index contributed by atoms with van der Waals surface area (Å²) in [7, 11) is 0. The Hall–Kier alpha value is -4.05. The van der Waals surface area contributed by atoms with Gasteiger partial charge in [0.1, 0.15) is 6.04 Å². The fourth-order valence-corrected chi connectivity index (χ4v) is 5.32. The number of aliphatic carboxylic acids is 1. The molecule has 2 atom stereocenters. The summed E-state index contributed by atoms with van der Waals surface area (Å²) in [6, 6.07) is 16.6. The van der Waals surface area contributed by atoms with Crippen LogP contribution in [-0.4, -0.2) is 40.7 Å². The molecule has 212 valence electrons. The second-order valence-corrected chi connectivity index (χ2v) is 10.7. The van der Waals surface area contributed by atoms with Gasteiger partial charge in [0.2, 0.25) is 12.7 Å². The van der Waals surface area contributed by atoms with Gasteiger partial charge in [-0.3, -0.25) is 9.59 Å². The molecule has 0 saturated heterocycles. The van der Waals surface area contributed by atoms with Crippen molar-refractivity contribution in [1.82, 2.24) is 15.5 Å². The Labute approximate surface area is 238 Å². The van der Waals surface area contributed by atoms with E-state index in [9.17, 15) is 19.5 Å². The van der Waals surface area contributed by atoms with Crippen LogP contribution in [0.4, 0.5) is 4.79 Å². The lowest BCUT2D eigenvalue weighted by Gasteiger charge is -2.29. The largest absolute Gasteiger partial charge is 0.481 e. The minimum atomic E-state index is -1.07. The molecule has 3 amide bonds. The van der Waals surface area contributed by atoms with Crippen LogP contribution < -0.4 is 20.1 Å². The van der Waals surface area contributed by atoms with E-state index in [1.807, 2.05) is 47.8 Å². The molecule has 0 radical (unpaired) electrons. The zero-order valence-corrected chi connectivity index (χ0v) is 23.3. The van der Waals surface area contributed by atoms with Crippen molar-refractivity contribution < 1.29 is 29.0 Å². The second-order valence-electron chi connectivity index (χ2n) is 9.69. The normalized spacial score (nSPS) is 13.3. The highest BCUT2D eigenvalue weighted by Crippen LogP contribution is 2.34. The van der Waals surface area contributed by atoms with Crippen molar-refractivity contribution in [2.24, 2.45) is 0 Å². The number of ether oxygens (including phenoxy) is 2. The first-order valence-electron chi connectivity index (χ1n) is 13.5. The maximum Gasteiger partial charge on any atom is 0.315 e. The number of hydrogen-bond donors (Lipinski definition) is 3. The average molecular weight is 566 g/mol. The molecule has 0 spiro atoms. The van der Waals surface area contributed by atoms with Gasteiger partial charge in [-0.25, -0.2) is 4.79 Å². The number of carboxylic acid groups (broad SMARTS) is 1. The number of carbonyl (C=O) groups excluding carboxylic acids is 2. The van der Waals surface area contributed by atoms with Gasteiger partial charge in [0.15, 0.2) is 11.5 Å². The number of fused-ring (bicyclic) bond motifs is 1. The van der Waals surface area contributed by atoms with Crippen LogP contribution in [0.3, 0.4) is 0 Å². The van der Waals surface area contributed by atoms with Crippen LogP contribution in [0, 0.1) is 0 Å². The van der Waals surface area contributed by atoms with Gasteiger partial charge >= 0.3 is 12.0 Å². The fraction of sp³-hybridized carbons (Fsp3) is 0.367. The molecule has 0 unspecified atom stereocenters. The van der Waals surface area contributed by atoms with Crippen LogP contribution >= 0.6 is 11.3 Å². The predicted molar refractivity (Wildman–Crippen MR) is 152 cm³/mol. The van der Waals surface area contributed by atoms with Gasteiger partial charge in [-0.2, -0.15) is 0 Å². The van der Waals surface area contributed by atoms with Gasteiger partial charge in [-0.05, 0) is 41.1 Å². The third-order valence-electron chi connectivity index (χ3n) is 6.64. The molecule has 0 bridgehead atoms. The van der Waals surface area contributed by atoms with Crippen molar-refractivity contribution in [3.63, 3.8) is 0 Å². The molecule has 2 aromatic carbocycles. The Morgan fingerprint density at radius 3 is 2.50 bits per heavy atom. The smallest absolute Gasteiger partial charge is 0.315 e. The van der Waals surface area contributed by atoms with Crippen LogP contribution in [0.5, 0.6) is 11.5 Å². The van der Waals surface area contributed by atoms with E-state index in [0.717, 1.165) is 29.7 Å². The summed E-state index contributed by atoms with van der Waals surface area (Å²) < 4.78 is 10.8. The molecule has 1 aliphatic rings. The molecule has 2 heterocycles. The van der Waals surface area contributed by atoms with E-state index in [1.165, 1.54) is 0 Å². The number of thiophene rings is 1. The molecule has 40 heavy (non-hydrogen) atoms.